The van der Waals surface area contributed by atoms with Crippen LogP contribution in [-0.2, 0) is 0 Å². The maximum atomic E-state index is 7.45. The normalized spacial score (nSPS) is 11.8. The molecule has 4 aromatic heterocycles. The number of fused-ring (bicyclic) bond motifs is 18. The van der Waals surface area contributed by atoms with E-state index in [2.05, 4.69) is 276 Å². The van der Waals surface area contributed by atoms with Crippen LogP contribution in [0.5, 0.6) is 0 Å². The van der Waals surface area contributed by atoms with Gasteiger partial charge in [0, 0.05) is 71.7 Å². The molecule has 14 aromatic carbocycles. The van der Waals surface area contributed by atoms with Gasteiger partial charge in [0.05, 0.1) is 45.7 Å². The van der Waals surface area contributed by atoms with Gasteiger partial charge in [-0.05, 0) is 103 Å². The smallest absolute Gasteiger partial charge is 0.160 e. The van der Waals surface area contributed by atoms with Gasteiger partial charge in [0.25, 0.3) is 0 Å². The molecule has 0 radical (unpaired) electrons. The quantitative estimate of drug-likeness (QED) is 0.135. The van der Waals surface area contributed by atoms with E-state index >= 15 is 0 Å². The topological polar surface area (TPSA) is 60.0 Å². The second-order valence-electron chi connectivity index (χ2n) is 23.0. The number of benzene rings is 14. The van der Waals surface area contributed by atoms with Crippen LogP contribution in [0.25, 0.3) is 160 Å². The molecule has 0 aliphatic carbocycles. The molecule has 0 spiro atoms. The van der Waals surface area contributed by atoms with Crippen molar-refractivity contribution in [1.29, 1.82) is 0 Å². The summed E-state index contributed by atoms with van der Waals surface area (Å²) in [6, 6.07) is 108. The van der Waals surface area contributed by atoms with Crippen molar-refractivity contribution in [2.45, 2.75) is 0 Å². The number of anilines is 3. The number of pyridine rings is 1. The summed E-state index contributed by atoms with van der Waals surface area (Å²) in [6.07, 6.45) is 2.03. The van der Waals surface area contributed by atoms with Crippen LogP contribution >= 0.6 is 0 Å². The lowest BCUT2D eigenvalue weighted by Gasteiger charge is -2.27. The molecule has 0 bridgehead atoms. The highest BCUT2D eigenvalue weighted by Gasteiger charge is 2.27. The van der Waals surface area contributed by atoms with Gasteiger partial charge < -0.3 is 13.9 Å². The van der Waals surface area contributed by atoms with Crippen LogP contribution in [0.3, 0.4) is 0 Å². The van der Waals surface area contributed by atoms with Gasteiger partial charge in [0.15, 0.2) is 5.82 Å². The lowest BCUT2D eigenvalue weighted by atomic mass is 9.92. The largest absolute Gasteiger partial charge is 0.455 e. The molecule has 18 rings (SSSR count). The van der Waals surface area contributed by atoms with E-state index in [1.54, 1.807) is 0 Å². The summed E-state index contributed by atoms with van der Waals surface area (Å²) in [5.74, 6) is 0.645. The Labute approximate surface area is 512 Å². The number of nitrogens with zero attached hydrogens (tertiary/aromatic N) is 5. The van der Waals surface area contributed by atoms with Crippen molar-refractivity contribution in [3.63, 3.8) is 0 Å². The number of rotatable bonds is 9. The highest BCUT2D eigenvalue weighted by molar-refractivity contribution is 6.40. The molecule has 0 aliphatic rings. The van der Waals surface area contributed by atoms with Crippen LogP contribution in [-0.4, -0.2) is 19.5 Å². The van der Waals surface area contributed by atoms with Gasteiger partial charge in [-0.3, -0.25) is 4.98 Å². The summed E-state index contributed by atoms with van der Waals surface area (Å²) in [5, 5.41) is 16.0. The zero-order valence-electron chi connectivity index (χ0n) is 48.1. The Morgan fingerprint density at radius 2 is 0.854 bits per heavy atom. The summed E-state index contributed by atoms with van der Waals surface area (Å²) in [7, 11) is 0. The highest BCUT2D eigenvalue weighted by atomic mass is 16.3. The van der Waals surface area contributed by atoms with Crippen LogP contribution in [0, 0.1) is 0 Å². The van der Waals surface area contributed by atoms with Gasteiger partial charge in [0.1, 0.15) is 11.2 Å². The lowest BCUT2D eigenvalue weighted by Crippen LogP contribution is -2.10. The fraction of sp³-hybridized carbons (Fsp3) is 0. The predicted molar refractivity (Wildman–Crippen MR) is 371 cm³/mol. The van der Waals surface area contributed by atoms with Crippen molar-refractivity contribution in [2.24, 2.45) is 0 Å². The van der Waals surface area contributed by atoms with Crippen molar-refractivity contribution < 1.29 is 4.42 Å². The average Bonchev–Trinajstić information content (AvgIpc) is 1.64. The number of hydrogen-bond donors (Lipinski definition) is 0. The van der Waals surface area contributed by atoms with Gasteiger partial charge in [-0.25, -0.2) is 9.97 Å². The van der Waals surface area contributed by atoms with E-state index in [4.69, 9.17) is 19.4 Å². The van der Waals surface area contributed by atoms with Gasteiger partial charge in [0.2, 0.25) is 0 Å². The van der Waals surface area contributed by atoms with E-state index in [1.165, 1.54) is 49.0 Å². The fourth-order valence-electron chi connectivity index (χ4n) is 14.0. The number of furan rings is 1. The van der Waals surface area contributed by atoms with Crippen LogP contribution in [0.1, 0.15) is 0 Å². The summed E-state index contributed by atoms with van der Waals surface area (Å²) in [5.41, 5.74) is 16.8. The van der Waals surface area contributed by atoms with Crippen molar-refractivity contribution in [2.75, 3.05) is 4.90 Å². The second-order valence-corrected chi connectivity index (χ2v) is 23.0. The second kappa shape index (κ2) is 20.3. The SMILES string of the molecule is c1ccc(-c2cc(-c3ccc(-n4c5c(ccc6c7ccccc7c7ccccc7c65)c5c6c7ccc(N(c8cccc(-c9ccccc9-c9ccccc9)c8)c8cccc9ccccc89)cc7oc6c6ccccc6c54)cn3)nc(-c3ccccc3)n2)cc1. The molecule has 0 aliphatic heterocycles. The first kappa shape index (κ1) is 50.3. The van der Waals surface area contributed by atoms with Crippen molar-refractivity contribution in [1.82, 2.24) is 19.5 Å². The molecule has 89 heavy (non-hydrogen) atoms. The lowest BCUT2D eigenvalue weighted by molar-refractivity contribution is 0.673. The van der Waals surface area contributed by atoms with E-state index in [-0.39, 0.29) is 0 Å². The molecule has 0 unspecified atom stereocenters. The Morgan fingerprint density at radius 1 is 0.315 bits per heavy atom. The maximum Gasteiger partial charge on any atom is 0.160 e. The number of hydrogen-bond acceptors (Lipinski definition) is 5. The molecule has 0 saturated heterocycles. The van der Waals surface area contributed by atoms with E-state index in [1.807, 2.05) is 42.6 Å². The van der Waals surface area contributed by atoms with Crippen LogP contribution in [0.4, 0.5) is 17.1 Å². The molecule has 6 nitrogen and oxygen atoms in total. The first-order valence-corrected chi connectivity index (χ1v) is 30.2. The van der Waals surface area contributed by atoms with Crippen LogP contribution in [0.15, 0.2) is 314 Å². The predicted octanol–water partition coefficient (Wildman–Crippen LogP) is 22.4. The van der Waals surface area contributed by atoms with Gasteiger partial charge in [-0.2, -0.15) is 0 Å². The first-order chi connectivity index (χ1) is 44.2. The van der Waals surface area contributed by atoms with Gasteiger partial charge >= 0.3 is 0 Å². The molecule has 0 amide bonds. The summed E-state index contributed by atoms with van der Waals surface area (Å²) in [4.78, 5) is 18.1. The molecule has 18 aromatic rings. The molecule has 0 N–H and O–H groups in total. The molecule has 6 heteroatoms. The van der Waals surface area contributed by atoms with Gasteiger partial charge in [-0.15, -0.1) is 0 Å². The minimum absolute atomic E-state index is 0.645. The Hall–Kier alpha value is -12.0. The Morgan fingerprint density at radius 3 is 1.60 bits per heavy atom. The molecular formula is C83H51N5O. The zero-order chi connectivity index (χ0) is 58.5. The van der Waals surface area contributed by atoms with Crippen molar-refractivity contribution >= 4 is 115 Å². The van der Waals surface area contributed by atoms with E-state index < -0.39 is 0 Å². The van der Waals surface area contributed by atoms with Gasteiger partial charge in [-0.1, -0.05) is 249 Å². The third-order valence-corrected chi connectivity index (χ3v) is 18.0. The molecular weight excluding hydrogens is 1080 g/mol. The third-order valence-electron chi connectivity index (χ3n) is 18.0. The average molecular weight is 1130 g/mol. The van der Waals surface area contributed by atoms with Crippen molar-refractivity contribution in [3.8, 4) is 62.0 Å². The standard InChI is InChI=1S/C83H51N5O/c1-4-22-52(23-5-1)60-32-12-13-33-61(60)56-30-20-31-57(48-56)87(75-41-21-29-53-24-10-11-34-62(53)75)58-42-44-70-76(49-58)89-82-69-40-19-18-39-68(69)80-78(79(70)82)71-46-45-67-65-37-15-14-35-63(65)64-36-16-17-38-66(64)77(67)81(71)88(80)59-43-47-72(84-51-59)74-50-73(54-25-6-2-7-26-54)85-83(86-74)55-27-8-3-9-28-55/h1-51H. The van der Waals surface area contributed by atoms with E-state index in [9.17, 15) is 0 Å². The maximum absolute atomic E-state index is 7.45. The molecule has 414 valence electrons. The van der Waals surface area contributed by atoms with E-state index in [0.29, 0.717) is 5.82 Å². The molecule has 4 heterocycles. The number of aromatic nitrogens is 4. The van der Waals surface area contributed by atoms with E-state index in [0.717, 1.165) is 122 Å². The Balaban J connectivity index is 0.894. The Kier molecular flexibility index (Phi) is 11.5. The van der Waals surface area contributed by atoms with Crippen molar-refractivity contribution in [3.05, 3.63) is 310 Å². The monoisotopic (exact) mass is 1130 g/mol. The summed E-state index contributed by atoms with van der Waals surface area (Å²) < 4.78 is 9.93. The summed E-state index contributed by atoms with van der Waals surface area (Å²) >= 11 is 0. The molecule has 0 fully saturated rings. The highest BCUT2D eigenvalue weighted by Crippen LogP contribution is 2.51. The van der Waals surface area contributed by atoms with Crippen LogP contribution < -0.4 is 4.90 Å². The third kappa shape index (κ3) is 8.08. The molecule has 0 saturated carbocycles. The molecule has 0 atom stereocenters. The fourth-order valence-corrected chi connectivity index (χ4v) is 14.0. The first-order valence-electron chi connectivity index (χ1n) is 30.2. The van der Waals surface area contributed by atoms with Crippen LogP contribution in [0.2, 0.25) is 0 Å². The summed E-state index contributed by atoms with van der Waals surface area (Å²) in [6.45, 7) is 0. The Bertz CT molecular complexity index is 5760. The minimum Gasteiger partial charge on any atom is -0.455 e. The minimum atomic E-state index is 0.645. The zero-order valence-corrected chi connectivity index (χ0v) is 48.1.